The first-order valence-corrected chi connectivity index (χ1v) is 24.2. The first kappa shape index (κ1) is 40.1. The largest absolute Gasteiger partial charge is 0.256 e. The molecule has 6 heteroatoms. The molecule has 12 aromatic carbocycles. The molecule has 0 spiro atoms. The highest BCUT2D eigenvalue weighted by Crippen LogP contribution is 2.42. The molecule has 0 aliphatic rings. The van der Waals surface area contributed by atoms with E-state index in [9.17, 15) is 0 Å². The van der Waals surface area contributed by atoms with E-state index in [2.05, 4.69) is 215 Å². The molecule has 0 saturated carbocycles. The summed E-state index contributed by atoms with van der Waals surface area (Å²) >= 11 is 0. The number of benzene rings is 12. The number of hydrogen-bond donors (Lipinski definition) is 0. The molecule has 0 N–H and O–H groups in total. The van der Waals surface area contributed by atoms with Gasteiger partial charge in [0.15, 0.2) is 11.6 Å². The molecule has 0 atom stereocenters. The SMILES string of the molecule is c1ccc2c(c1)c1ccccc1c1cc(-c3ccc(-c4ccc5c6ccc(-c7ncc(-c8ccc9c%10ccc(-c%11ncncn%11)cc%10c%10ccccc%10c9c8)cn7)cc6c6ccccc6c5c4)cn3)ccc21. The summed E-state index contributed by atoms with van der Waals surface area (Å²) in [5.41, 5.74) is 8.23. The fourth-order valence-electron chi connectivity index (χ4n) is 11.4. The highest BCUT2D eigenvalue weighted by molar-refractivity contribution is 6.28. The van der Waals surface area contributed by atoms with Gasteiger partial charge in [0.25, 0.3) is 0 Å². The molecular formula is C66H38N6. The molecule has 0 aliphatic heterocycles. The minimum Gasteiger partial charge on any atom is -0.256 e. The lowest BCUT2D eigenvalue weighted by atomic mass is 9.91. The lowest BCUT2D eigenvalue weighted by Gasteiger charge is -2.14. The van der Waals surface area contributed by atoms with E-state index in [0.29, 0.717) is 11.6 Å². The van der Waals surface area contributed by atoms with Gasteiger partial charge >= 0.3 is 0 Å². The van der Waals surface area contributed by atoms with Gasteiger partial charge in [-0.15, -0.1) is 0 Å². The van der Waals surface area contributed by atoms with Crippen LogP contribution in [0.4, 0.5) is 0 Å². The molecule has 3 aromatic heterocycles. The monoisotopic (exact) mass is 914 g/mol. The van der Waals surface area contributed by atoms with Crippen molar-refractivity contribution in [1.29, 1.82) is 0 Å². The van der Waals surface area contributed by atoms with Crippen LogP contribution in [-0.4, -0.2) is 29.9 Å². The second-order valence-electron chi connectivity index (χ2n) is 18.7. The van der Waals surface area contributed by atoms with Crippen LogP contribution in [0.25, 0.3) is 153 Å². The van der Waals surface area contributed by atoms with Crippen molar-refractivity contribution < 1.29 is 0 Å². The van der Waals surface area contributed by atoms with Crippen molar-refractivity contribution in [2.45, 2.75) is 0 Å². The molecular weight excluding hydrogens is 877 g/mol. The summed E-state index contributed by atoms with van der Waals surface area (Å²) in [5.74, 6) is 1.35. The second-order valence-corrected chi connectivity index (χ2v) is 18.7. The van der Waals surface area contributed by atoms with Gasteiger partial charge < -0.3 is 0 Å². The van der Waals surface area contributed by atoms with E-state index in [1.54, 1.807) is 0 Å². The molecule has 0 aliphatic carbocycles. The highest BCUT2D eigenvalue weighted by Gasteiger charge is 2.16. The zero-order valence-corrected chi connectivity index (χ0v) is 38.6. The topological polar surface area (TPSA) is 77.3 Å². The molecule has 6 nitrogen and oxygen atoms in total. The Bertz CT molecular complexity index is 4650. The highest BCUT2D eigenvalue weighted by atomic mass is 15.0. The molecule has 332 valence electrons. The van der Waals surface area contributed by atoms with E-state index >= 15 is 0 Å². The maximum atomic E-state index is 5.05. The average Bonchev–Trinajstić information content (AvgIpc) is 3.47. The van der Waals surface area contributed by atoms with Crippen LogP contribution in [0.3, 0.4) is 0 Å². The summed E-state index contributed by atoms with van der Waals surface area (Å²) in [7, 11) is 0. The predicted molar refractivity (Wildman–Crippen MR) is 298 cm³/mol. The minimum absolute atomic E-state index is 0.660. The molecule has 3 heterocycles. The van der Waals surface area contributed by atoms with Gasteiger partial charge in [-0.3, -0.25) is 4.98 Å². The van der Waals surface area contributed by atoms with Crippen LogP contribution in [0.15, 0.2) is 231 Å². The first-order valence-electron chi connectivity index (χ1n) is 24.2. The Labute approximate surface area is 412 Å². The van der Waals surface area contributed by atoms with Crippen LogP contribution in [0.2, 0.25) is 0 Å². The summed E-state index contributed by atoms with van der Waals surface area (Å²) in [6.07, 6.45) is 8.99. The summed E-state index contributed by atoms with van der Waals surface area (Å²) in [5, 5.41) is 21.8. The standard InChI is InChI=1S/C66H38N6/c1-2-11-48-46(9-1)47-10-3-4-12-49(47)61-31-41(19-25-54(48)61)64-28-22-44(34-68-64)39-17-23-55-57-26-20-42(32-62(57)52-15-7-5-13-50(52)59(55)29-39)65-69-35-45(36-70-65)40-18-24-56-58-27-21-43(66-71-37-67-38-72-66)33-63(58)53-16-8-6-14-51(53)60(56)30-40/h1-38H. The number of pyridine rings is 1. The molecule has 0 bridgehead atoms. The van der Waals surface area contributed by atoms with Gasteiger partial charge in [-0.2, -0.15) is 0 Å². The molecule has 72 heavy (non-hydrogen) atoms. The van der Waals surface area contributed by atoms with E-state index in [1.807, 2.05) is 18.6 Å². The van der Waals surface area contributed by atoms with Crippen LogP contribution in [0, 0.1) is 0 Å². The fraction of sp³-hybridized carbons (Fsp3) is 0. The predicted octanol–water partition coefficient (Wildman–Crippen LogP) is 16.8. The number of nitrogens with zero attached hydrogens (tertiary/aromatic N) is 6. The summed E-state index contributed by atoms with van der Waals surface area (Å²) in [6, 6.07) is 72.4. The molecule has 15 rings (SSSR count). The third-order valence-electron chi connectivity index (χ3n) is 14.8. The third kappa shape index (κ3) is 6.29. The Balaban J connectivity index is 0.756. The molecule has 0 radical (unpaired) electrons. The van der Waals surface area contributed by atoms with Crippen LogP contribution in [-0.2, 0) is 0 Å². The van der Waals surface area contributed by atoms with Crippen molar-refractivity contribution in [3.8, 4) is 56.3 Å². The maximum Gasteiger partial charge on any atom is 0.162 e. The van der Waals surface area contributed by atoms with Crippen LogP contribution >= 0.6 is 0 Å². The fourth-order valence-corrected chi connectivity index (χ4v) is 11.4. The third-order valence-corrected chi connectivity index (χ3v) is 14.8. The van der Waals surface area contributed by atoms with Crippen molar-refractivity contribution in [3.05, 3.63) is 231 Å². The van der Waals surface area contributed by atoms with E-state index in [1.165, 1.54) is 104 Å². The Morgan fingerprint density at radius 2 is 0.486 bits per heavy atom. The Morgan fingerprint density at radius 3 is 0.889 bits per heavy atom. The maximum absolute atomic E-state index is 5.05. The number of aromatic nitrogens is 6. The summed E-state index contributed by atoms with van der Waals surface area (Å²) in [4.78, 5) is 27.8. The molecule has 0 saturated heterocycles. The second kappa shape index (κ2) is 15.9. The van der Waals surface area contributed by atoms with Gasteiger partial charge in [0, 0.05) is 46.4 Å². The molecule has 0 fully saturated rings. The average molecular weight is 915 g/mol. The Hall–Kier alpha value is -9.78. The molecule has 15 aromatic rings. The number of hydrogen-bond acceptors (Lipinski definition) is 6. The molecule has 0 amide bonds. The lowest BCUT2D eigenvalue weighted by Crippen LogP contribution is -1.92. The Morgan fingerprint density at radius 1 is 0.194 bits per heavy atom. The zero-order chi connectivity index (χ0) is 47.3. The van der Waals surface area contributed by atoms with Gasteiger partial charge in [-0.1, -0.05) is 164 Å². The summed E-state index contributed by atoms with van der Waals surface area (Å²) in [6.45, 7) is 0. The van der Waals surface area contributed by atoms with Crippen molar-refractivity contribution in [2.24, 2.45) is 0 Å². The van der Waals surface area contributed by atoms with Gasteiger partial charge in [0.05, 0.1) is 5.69 Å². The van der Waals surface area contributed by atoms with Crippen LogP contribution < -0.4 is 0 Å². The number of rotatable bonds is 5. The quantitative estimate of drug-likeness (QED) is 0.160. The van der Waals surface area contributed by atoms with E-state index in [0.717, 1.165) is 50.0 Å². The zero-order valence-electron chi connectivity index (χ0n) is 38.6. The van der Waals surface area contributed by atoms with Gasteiger partial charge in [-0.25, -0.2) is 24.9 Å². The normalized spacial score (nSPS) is 11.9. The first-order chi connectivity index (χ1) is 35.7. The number of fused-ring (bicyclic) bond motifs is 18. The van der Waals surface area contributed by atoms with Crippen LogP contribution in [0.5, 0.6) is 0 Å². The van der Waals surface area contributed by atoms with E-state index in [-0.39, 0.29) is 0 Å². The minimum atomic E-state index is 0.660. The van der Waals surface area contributed by atoms with Gasteiger partial charge in [0.2, 0.25) is 0 Å². The van der Waals surface area contributed by atoms with E-state index < -0.39 is 0 Å². The van der Waals surface area contributed by atoms with Crippen molar-refractivity contribution >= 4 is 97.0 Å². The van der Waals surface area contributed by atoms with Crippen molar-refractivity contribution in [2.75, 3.05) is 0 Å². The Kier molecular flexibility index (Phi) is 8.86. The smallest absolute Gasteiger partial charge is 0.162 e. The summed E-state index contributed by atoms with van der Waals surface area (Å²) < 4.78 is 0. The van der Waals surface area contributed by atoms with Crippen LogP contribution in [0.1, 0.15) is 0 Å². The lowest BCUT2D eigenvalue weighted by molar-refractivity contribution is 1.06. The van der Waals surface area contributed by atoms with Gasteiger partial charge in [-0.05, 0) is 144 Å². The van der Waals surface area contributed by atoms with Crippen molar-refractivity contribution in [1.82, 2.24) is 29.9 Å². The van der Waals surface area contributed by atoms with Gasteiger partial charge in [0.1, 0.15) is 12.7 Å². The van der Waals surface area contributed by atoms with Crippen molar-refractivity contribution in [3.63, 3.8) is 0 Å². The van der Waals surface area contributed by atoms with E-state index in [4.69, 9.17) is 15.0 Å². The molecule has 0 unspecified atom stereocenters.